The third-order valence-electron chi connectivity index (χ3n) is 2.72. The molecule has 0 amide bonds. The maximum Gasteiger partial charge on any atom is 0.320 e. The van der Waals surface area contributed by atoms with E-state index in [9.17, 15) is 9.59 Å². The first-order chi connectivity index (χ1) is 7.61. The molecule has 2 aliphatic rings. The molecule has 2 heterocycles. The van der Waals surface area contributed by atoms with Crippen LogP contribution in [0.2, 0.25) is 0 Å². The van der Waals surface area contributed by atoms with Crippen molar-refractivity contribution < 1.29 is 19.8 Å². The molecule has 6 nitrogen and oxygen atoms in total. The monoisotopic (exact) mass is 230 g/mol. The molecule has 2 atom stereocenters. The molecule has 2 saturated heterocycles. The summed E-state index contributed by atoms with van der Waals surface area (Å²) in [6.07, 6.45) is 3.57. The number of aliphatic carboxylic acids is 2. The molecule has 2 fully saturated rings. The van der Waals surface area contributed by atoms with Gasteiger partial charge in [0.05, 0.1) is 0 Å². The van der Waals surface area contributed by atoms with Crippen LogP contribution in [0.3, 0.4) is 0 Å². The summed E-state index contributed by atoms with van der Waals surface area (Å²) in [5, 5.41) is 22.4. The molecular weight excluding hydrogens is 212 g/mol. The average Bonchev–Trinajstić information content (AvgIpc) is 2.93. The van der Waals surface area contributed by atoms with Gasteiger partial charge in [-0.25, -0.2) is 0 Å². The number of carbonyl (C=O) groups is 2. The zero-order valence-electron chi connectivity index (χ0n) is 9.11. The molecule has 0 aromatic carbocycles. The number of rotatable bonds is 2. The molecule has 0 radical (unpaired) electrons. The predicted molar refractivity (Wildman–Crippen MR) is 57.3 cm³/mol. The normalized spacial score (nSPS) is 28.2. The van der Waals surface area contributed by atoms with E-state index in [0.717, 1.165) is 38.8 Å². The van der Waals surface area contributed by atoms with Crippen molar-refractivity contribution in [2.45, 2.75) is 37.8 Å². The van der Waals surface area contributed by atoms with E-state index in [2.05, 4.69) is 10.6 Å². The predicted octanol–water partition coefficient (Wildman–Crippen LogP) is -0.354. The highest BCUT2D eigenvalue weighted by Gasteiger charge is 2.20. The van der Waals surface area contributed by atoms with Crippen LogP contribution in [0.4, 0.5) is 0 Å². The largest absolute Gasteiger partial charge is 0.480 e. The van der Waals surface area contributed by atoms with Gasteiger partial charge in [-0.2, -0.15) is 0 Å². The minimum Gasteiger partial charge on any atom is -0.480 e. The summed E-state index contributed by atoms with van der Waals surface area (Å²) < 4.78 is 0. The summed E-state index contributed by atoms with van der Waals surface area (Å²) in [5.41, 5.74) is 0. The smallest absolute Gasteiger partial charge is 0.320 e. The molecule has 2 aliphatic heterocycles. The number of hydrogen-bond donors (Lipinski definition) is 4. The lowest BCUT2D eigenvalue weighted by molar-refractivity contribution is -0.140. The van der Waals surface area contributed by atoms with Gasteiger partial charge in [0, 0.05) is 0 Å². The van der Waals surface area contributed by atoms with Crippen LogP contribution in [-0.2, 0) is 9.59 Å². The van der Waals surface area contributed by atoms with Crippen molar-refractivity contribution in [3.8, 4) is 0 Å². The van der Waals surface area contributed by atoms with Crippen LogP contribution >= 0.6 is 0 Å². The first-order valence-corrected chi connectivity index (χ1v) is 5.53. The molecule has 4 N–H and O–H groups in total. The lowest BCUT2D eigenvalue weighted by atomic mass is 10.2. The van der Waals surface area contributed by atoms with Gasteiger partial charge in [0.2, 0.25) is 0 Å². The van der Waals surface area contributed by atoms with Gasteiger partial charge in [-0.15, -0.1) is 0 Å². The van der Waals surface area contributed by atoms with Crippen LogP contribution in [0.15, 0.2) is 0 Å². The van der Waals surface area contributed by atoms with Crippen molar-refractivity contribution in [2.24, 2.45) is 0 Å². The molecule has 2 rings (SSSR count). The van der Waals surface area contributed by atoms with Crippen molar-refractivity contribution in [3.63, 3.8) is 0 Å². The van der Waals surface area contributed by atoms with Gasteiger partial charge >= 0.3 is 11.9 Å². The van der Waals surface area contributed by atoms with E-state index in [4.69, 9.17) is 10.2 Å². The van der Waals surface area contributed by atoms with E-state index in [1.165, 1.54) is 0 Å². The summed E-state index contributed by atoms with van der Waals surface area (Å²) in [4.78, 5) is 20.3. The Labute approximate surface area is 94.0 Å². The molecule has 0 aliphatic carbocycles. The van der Waals surface area contributed by atoms with Gasteiger partial charge in [-0.1, -0.05) is 0 Å². The van der Waals surface area contributed by atoms with E-state index >= 15 is 0 Å². The molecule has 6 heteroatoms. The Morgan fingerprint density at radius 3 is 1.38 bits per heavy atom. The van der Waals surface area contributed by atoms with Crippen LogP contribution in [0.1, 0.15) is 25.7 Å². The lowest BCUT2D eigenvalue weighted by Crippen LogP contribution is -2.29. The van der Waals surface area contributed by atoms with E-state index in [-0.39, 0.29) is 12.1 Å². The quantitative estimate of drug-likeness (QED) is 0.517. The van der Waals surface area contributed by atoms with Crippen molar-refractivity contribution in [2.75, 3.05) is 13.1 Å². The molecule has 0 bridgehead atoms. The molecular formula is C10H18N2O4. The fraction of sp³-hybridized carbons (Fsp3) is 0.800. The average molecular weight is 230 g/mol. The molecule has 0 spiro atoms. The van der Waals surface area contributed by atoms with Crippen molar-refractivity contribution >= 4 is 11.9 Å². The standard InChI is InChI=1S/2C5H9NO2/c2*7-5(8)4-2-1-3-6-4/h2*4,6H,1-3H2,(H,7,8)/t2*4-/m10/s1. The fourth-order valence-electron chi connectivity index (χ4n) is 1.79. The topological polar surface area (TPSA) is 98.7 Å². The van der Waals surface area contributed by atoms with E-state index < -0.39 is 11.9 Å². The van der Waals surface area contributed by atoms with E-state index in [1.807, 2.05) is 0 Å². The van der Waals surface area contributed by atoms with Gasteiger partial charge in [0.15, 0.2) is 0 Å². The zero-order valence-corrected chi connectivity index (χ0v) is 9.11. The van der Waals surface area contributed by atoms with Crippen LogP contribution in [0, 0.1) is 0 Å². The number of carboxylic acids is 2. The molecule has 92 valence electrons. The van der Waals surface area contributed by atoms with Crippen molar-refractivity contribution in [3.05, 3.63) is 0 Å². The molecule has 16 heavy (non-hydrogen) atoms. The summed E-state index contributed by atoms with van der Waals surface area (Å²) in [6.45, 7) is 1.72. The summed E-state index contributed by atoms with van der Waals surface area (Å²) in [6, 6.07) is -0.537. The van der Waals surface area contributed by atoms with E-state index in [0.29, 0.717) is 0 Å². The van der Waals surface area contributed by atoms with Crippen LogP contribution in [-0.4, -0.2) is 47.3 Å². The minimum absolute atomic E-state index is 0.269. The second-order valence-corrected chi connectivity index (χ2v) is 3.97. The maximum atomic E-state index is 10.1. The van der Waals surface area contributed by atoms with Gasteiger partial charge in [-0.3, -0.25) is 9.59 Å². The Kier molecular flexibility index (Phi) is 5.21. The first-order valence-electron chi connectivity index (χ1n) is 5.53. The van der Waals surface area contributed by atoms with Crippen molar-refractivity contribution in [1.82, 2.24) is 10.6 Å². The van der Waals surface area contributed by atoms with Crippen molar-refractivity contribution in [1.29, 1.82) is 0 Å². The highest BCUT2D eigenvalue weighted by molar-refractivity contribution is 5.74. The van der Waals surface area contributed by atoms with E-state index in [1.54, 1.807) is 0 Å². The Balaban J connectivity index is 0.000000160. The van der Waals surface area contributed by atoms with Gasteiger partial charge < -0.3 is 20.8 Å². The molecule has 0 unspecified atom stereocenters. The van der Waals surface area contributed by atoms with Gasteiger partial charge in [0.25, 0.3) is 0 Å². The Morgan fingerprint density at radius 1 is 0.875 bits per heavy atom. The summed E-state index contributed by atoms with van der Waals surface area (Å²) in [5.74, 6) is -1.44. The SMILES string of the molecule is O=C(O)[C@@H]1CCCN1.O=C(O)[C@H]1CCCN1. The summed E-state index contributed by atoms with van der Waals surface area (Å²) in [7, 11) is 0. The molecule has 0 aromatic heterocycles. The Bertz CT molecular complexity index is 219. The minimum atomic E-state index is -0.720. The van der Waals surface area contributed by atoms with Crippen LogP contribution in [0.5, 0.6) is 0 Å². The van der Waals surface area contributed by atoms with Crippen LogP contribution in [0.25, 0.3) is 0 Å². The third-order valence-corrected chi connectivity index (χ3v) is 2.72. The number of carboxylic acid groups (broad SMARTS) is 2. The first kappa shape index (κ1) is 12.9. The highest BCUT2D eigenvalue weighted by atomic mass is 16.4. The van der Waals surface area contributed by atoms with Gasteiger partial charge in [-0.05, 0) is 38.8 Å². The second kappa shape index (κ2) is 6.44. The maximum absolute atomic E-state index is 10.1. The number of nitrogens with one attached hydrogen (secondary N) is 2. The molecule has 0 aromatic rings. The Hall–Kier alpha value is -1.14. The third kappa shape index (κ3) is 4.16. The lowest BCUT2D eigenvalue weighted by Gasteiger charge is -1.99. The number of hydrogen-bond acceptors (Lipinski definition) is 4. The second-order valence-electron chi connectivity index (χ2n) is 3.97. The zero-order chi connectivity index (χ0) is 12.0. The Morgan fingerprint density at radius 2 is 1.25 bits per heavy atom. The van der Waals surface area contributed by atoms with Gasteiger partial charge in [0.1, 0.15) is 12.1 Å². The fourth-order valence-corrected chi connectivity index (χ4v) is 1.79. The molecule has 0 saturated carbocycles. The van der Waals surface area contributed by atoms with Crippen LogP contribution < -0.4 is 10.6 Å². The highest BCUT2D eigenvalue weighted by Crippen LogP contribution is 2.04. The summed E-state index contributed by atoms with van der Waals surface area (Å²) >= 11 is 0.